The fourth-order valence-electron chi connectivity index (χ4n) is 3.61. The predicted octanol–water partition coefficient (Wildman–Crippen LogP) is 4.83. The van der Waals surface area contributed by atoms with E-state index in [2.05, 4.69) is 5.32 Å². The van der Waals surface area contributed by atoms with E-state index >= 15 is 0 Å². The zero-order valence-corrected chi connectivity index (χ0v) is 16.1. The van der Waals surface area contributed by atoms with Crippen molar-refractivity contribution in [1.82, 2.24) is 4.90 Å². The average Bonchev–Trinajstić information content (AvgIpc) is 2.83. The number of hydrogen-bond donors (Lipinski definition) is 1. The van der Waals surface area contributed by atoms with E-state index in [1.54, 1.807) is 23.1 Å². The highest BCUT2D eigenvalue weighted by atomic mass is 35.5. The number of halogens is 1. The van der Waals surface area contributed by atoms with Crippen LogP contribution in [0.4, 0.5) is 5.69 Å². The molecular weight excluding hydrogens is 372 g/mol. The SMILES string of the molecule is Cc1cccc(C(=O)N2CC(=O)Nc3ccc(Cl)cc3[C@@H]2c2ccccc2)c1. The second kappa shape index (κ2) is 7.49. The lowest BCUT2D eigenvalue weighted by molar-refractivity contribution is -0.117. The van der Waals surface area contributed by atoms with Crippen LogP contribution in [0.15, 0.2) is 72.8 Å². The number of fused-ring (bicyclic) bond motifs is 1. The van der Waals surface area contributed by atoms with Crippen molar-refractivity contribution in [3.05, 3.63) is 100 Å². The van der Waals surface area contributed by atoms with Gasteiger partial charge in [-0.3, -0.25) is 9.59 Å². The highest BCUT2D eigenvalue weighted by molar-refractivity contribution is 6.30. The number of aryl methyl sites for hydroxylation is 1. The first-order chi connectivity index (χ1) is 13.5. The van der Waals surface area contributed by atoms with E-state index in [-0.39, 0.29) is 18.4 Å². The Kier molecular flexibility index (Phi) is 4.88. The largest absolute Gasteiger partial charge is 0.324 e. The molecule has 0 fully saturated rings. The van der Waals surface area contributed by atoms with Gasteiger partial charge in [0.15, 0.2) is 0 Å². The smallest absolute Gasteiger partial charge is 0.255 e. The van der Waals surface area contributed by atoms with Crippen LogP contribution in [0, 0.1) is 6.92 Å². The van der Waals surface area contributed by atoms with Crippen LogP contribution < -0.4 is 5.32 Å². The minimum atomic E-state index is -0.429. The molecule has 0 spiro atoms. The van der Waals surface area contributed by atoms with Crippen LogP contribution in [0.5, 0.6) is 0 Å². The molecule has 0 radical (unpaired) electrons. The summed E-state index contributed by atoms with van der Waals surface area (Å²) in [5, 5.41) is 3.46. The average molecular weight is 391 g/mol. The number of carbonyl (C=O) groups is 2. The first-order valence-electron chi connectivity index (χ1n) is 9.05. The van der Waals surface area contributed by atoms with Crippen molar-refractivity contribution >= 4 is 29.1 Å². The van der Waals surface area contributed by atoms with Gasteiger partial charge in [0, 0.05) is 21.8 Å². The molecule has 28 heavy (non-hydrogen) atoms. The topological polar surface area (TPSA) is 49.4 Å². The minimum Gasteiger partial charge on any atom is -0.324 e. The number of amides is 2. The molecule has 140 valence electrons. The molecule has 0 bridgehead atoms. The molecule has 2 amide bonds. The fraction of sp³-hybridized carbons (Fsp3) is 0.130. The van der Waals surface area contributed by atoms with E-state index < -0.39 is 6.04 Å². The molecule has 0 aromatic heterocycles. The zero-order valence-electron chi connectivity index (χ0n) is 15.4. The number of benzene rings is 3. The van der Waals surface area contributed by atoms with Gasteiger partial charge in [-0.05, 0) is 42.8 Å². The summed E-state index contributed by atoms with van der Waals surface area (Å²) in [6, 6.07) is 22.0. The van der Waals surface area contributed by atoms with Crippen LogP contribution in [-0.2, 0) is 4.79 Å². The summed E-state index contributed by atoms with van der Waals surface area (Å²) in [6.07, 6.45) is 0. The van der Waals surface area contributed by atoms with Gasteiger partial charge < -0.3 is 10.2 Å². The highest BCUT2D eigenvalue weighted by Crippen LogP contribution is 2.37. The quantitative estimate of drug-likeness (QED) is 0.681. The first-order valence-corrected chi connectivity index (χ1v) is 9.42. The Morgan fingerprint density at radius 3 is 2.57 bits per heavy atom. The van der Waals surface area contributed by atoms with Gasteiger partial charge in [-0.15, -0.1) is 0 Å². The van der Waals surface area contributed by atoms with E-state index in [9.17, 15) is 9.59 Å². The van der Waals surface area contributed by atoms with Crippen molar-refractivity contribution in [1.29, 1.82) is 0 Å². The minimum absolute atomic E-state index is 0.0430. The summed E-state index contributed by atoms with van der Waals surface area (Å²) in [7, 11) is 0. The number of anilines is 1. The van der Waals surface area contributed by atoms with Crippen molar-refractivity contribution in [2.24, 2.45) is 0 Å². The van der Waals surface area contributed by atoms with Gasteiger partial charge in [0.05, 0.1) is 6.04 Å². The number of nitrogens with one attached hydrogen (secondary N) is 1. The summed E-state index contributed by atoms with van der Waals surface area (Å²) < 4.78 is 0. The molecule has 1 atom stereocenters. The Balaban J connectivity index is 1.89. The van der Waals surface area contributed by atoms with E-state index in [0.29, 0.717) is 16.3 Å². The molecular formula is C23H19ClN2O2. The van der Waals surface area contributed by atoms with Crippen molar-refractivity contribution in [2.75, 3.05) is 11.9 Å². The molecule has 1 heterocycles. The lowest BCUT2D eigenvalue weighted by atomic mass is 9.95. The summed E-state index contributed by atoms with van der Waals surface area (Å²) >= 11 is 6.27. The Bertz CT molecular complexity index is 1050. The van der Waals surface area contributed by atoms with Gasteiger partial charge in [-0.2, -0.15) is 0 Å². The molecule has 5 heteroatoms. The van der Waals surface area contributed by atoms with Crippen LogP contribution in [0.1, 0.15) is 33.1 Å². The third-order valence-electron chi connectivity index (χ3n) is 4.85. The van der Waals surface area contributed by atoms with E-state index in [0.717, 1.165) is 16.7 Å². The van der Waals surface area contributed by atoms with Gasteiger partial charge in [-0.1, -0.05) is 59.6 Å². The molecule has 1 aliphatic heterocycles. The number of nitrogens with zero attached hydrogens (tertiary/aromatic N) is 1. The van der Waals surface area contributed by atoms with Crippen molar-refractivity contribution in [3.8, 4) is 0 Å². The first kappa shape index (κ1) is 18.3. The van der Waals surface area contributed by atoms with Gasteiger partial charge in [0.25, 0.3) is 5.91 Å². The van der Waals surface area contributed by atoms with Gasteiger partial charge in [0.1, 0.15) is 6.54 Å². The number of carbonyl (C=O) groups excluding carboxylic acids is 2. The Hall–Kier alpha value is -3.11. The van der Waals surface area contributed by atoms with Crippen LogP contribution >= 0.6 is 11.6 Å². The summed E-state index contributed by atoms with van der Waals surface area (Å²) in [5.41, 5.74) is 3.93. The maximum Gasteiger partial charge on any atom is 0.255 e. The standard InChI is InChI=1S/C23H19ClN2O2/c1-15-6-5-9-17(12-15)23(28)26-14-21(27)25-20-11-10-18(24)13-19(20)22(26)16-7-3-2-4-8-16/h2-13,22H,14H2,1H3,(H,25,27)/t22-/m0/s1. The highest BCUT2D eigenvalue weighted by Gasteiger charge is 2.34. The van der Waals surface area contributed by atoms with E-state index in [4.69, 9.17) is 11.6 Å². The molecule has 0 saturated carbocycles. The molecule has 4 nitrogen and oxygen atoms in total. The summed E-state index contributed by atoms with van der Waals surface area (Å²) in [5.74, 6) is -0.427. The van der Waals surface area contributed by atoms with Gasteiger partial charge in [-0.25, -0.2) is 0 Å². The molecule has 0 saturated heterocycles. The van der Waals surface area contributed by atoms with Crippen LogP contribution in [0.2, 0.25) is 5.02 Å². The molecule has 4 rings (SSSR count). The number of rotatable bonds is 2. The molecule has 0 aliphatic carbocycles. The Morgan fingerprint density at radius 2 is 1.82 bits per heavy atom. The van der Waals surface area contributed by atoms with Crippen LogP contribution in [0.3, 0.4) is 0 Å². The monoisotopic (exact) mass is 390 g/mol. The third-order valence-corrected chi connectivity index (χ3v) is 5.08. The maximum absolute atomic E-state index is 13.4. The zero-order chi connectivity index (χ0) is 19.7. The van der Waals surface area contributed by atoms with Gasteiger partial charge in [0.2, 0.25) is 5.91 Å². The Morgan fingerprint density at radius 1 is 1.04 bits per heavy atom. The second-order valence-electron chi connectivity index (χ2n) is 6.90. The summed E-state index contributed by atoms with van der Waals surface area (Å²) in [4.78, 5) is 27.6. The molecule has 1 aliphatic rings. The lowest BCUT2D eigenvalue weighted by Gasteiger charge is -2.30. The van der Waals surface area contributed by atoms with Gasteiger partial charge >= 0.3 is 0 Å². The van der Waals surface area contributed by atoms with Crippen LogP contribution in [0.25, 0.3) is 0 Å². The van der Waals surface area contributed by atoms with E-state index in [1.807, 2.05) is 61.5 Å². The maximum atomic E-state index is 13.4. The van der Waals surface area contributed by atoms with Crippen molar-refractivity contribution in [3.63, 3.8) is 0 Å². The van der Waals surface area contributed by atoms with Crippen molar-refractivity contribution < 1.29 is 9.59 Å². The van der Waals surface area contributed by atoms with E-state index in [1.165, 1.54) is 0 Å². The molecule has 3 aromatic carbocycles. The van der Waals surface area contributed by atoms with Crippen LogP contribution in [-0.4, -0.2) is 23.3 Å². The predicted molar refractivity (Wildman–Crippen MR) is 111 cm³/mol. The normalized spacial score (nSPS) is 16.1. The molecule has 3 aromatic rings. The second-order valence-corrected chi connectivity index (χ2v) is 7.33. The van der Waals surface area contributed by atoms with Crippen molar-refractivity contribution in [2.45, 2.75) is 13.0 Å². The fourth-order valence-corrected chi connectivity index (χ4v) is 3.79. The molecule has 0 unspecified atom stereocenters. The number of hydrogen-bond acceptors (Lipinski definition) is 2. The summed E-state index contributed by atoms with van der Waals surface area (Å²) in [6.45, 7) is 1.90. The third kappa shape index (κ3) is 3.51. The molecule has 1 N–H and O–H groups in total. The lowest BCUT2D eigenvalue weighted by Crippen LogP contribution is -2.39. The Labute approximate surface area is 168 Å².